The molecular formula is C12H13BFO6-. The quantitative estimate of drug-likeness (QED) is 0.711. The van der Waals surface area contributed by atoms with Gasteiger partial charge >= 0.3 is 12.7 Å². The van der Waals surface area contributed by atoms with Crippen molar-refractivity contribution in [3.8, 4) is 11.5 Å². The molecule has 0 bridgehead atoms. The summed E-state index contributed by atoms with van der Waals surface area (Å²) in [4.78, 5) is 11.4. The Morgan fingerprint density at radius 3 is 2.90 bits per heavy atom. The number of alkyl halides is 1. The predicted octanol–water partition coefficient (Wildman–Crippen LogP) is 0.906. The molecule has 3 rings (SSSR count). The molecule has 8 heteroatoms. The molecule has 3 N–H and O–H groups in total. The highest BCUT2D eigenvalue weighted by Gasteiger charge is 2.55. The number of hydrogen-bond donors (Lipinski definition) is 3. The minimum atomic E-state index is -3.06. The molecule has 1 aliphatic carbocycles. The molecule has 0 saturated heterocycles. The van der Waals surface area contributed by atoms with Crippen molar-refractivity contribution in [2.24, 2.45) is 0 Å². The van der Waals surface area contributed by atoms with Crippen molar-refractivity contribution in [3.63, 3.8) is 0 Å². The fourth-order valence-electron chi connectivity index (χ4n) is 2.78. The molecule has 0 amide bonds. The Balaban J connectivity index is 2.08. The van der Waals surface area contributed by atoms with Gasteiger partial charge in [0.1, 0.15) is 24.6 Å². The van der Waals surface area contributed by atoms with Gasteiger partial charge in [0, 0.05) is 0 Å². The molecule has 0 spiro atoms. The van der Waals surface area contributed by atoms with E-state index in [1.165, 1.54) is 6.07 Å². The summed E-state index contributed by atoms with van der Waals surface area (Å²) in [6, 6.07) is 3.08. The Morgan fingerprint density at radius 2 is 2.25 bits per heavy atom. The van der Waals surface area contributed by atoms with Gasteiger partial charge in [0.05, 0.1) is 5.75 Å². The Kier molecular flexibility index (Phi) is 2.88. The molecule has 108 valence electrons. The molecule has 6 nitrogen and oxygen atoms in total. The van der Waals surface area contributed by atoms with E-state index in [2.05, 4.69) is 0 Å². The molecule has 1 aromatic carbocycles. The van der Waals surface area contributed by atoms with Crippen LogP contribution in [-0.2, 0) is 0 Å². The highest BCUT2D eigenvalue weighted by Crippen LogP contribution is 2.63. The van der Waals surface area contributed by atoms with E-state index in [9.17, 15) is 24.3 Å². The third-order valence-corrected chi connectivity index (χ3v) is 3.79. The highest BCUT2D eigenvalue weighted by atomic mass is 19.1. The van der Waals surface area contributed by atoms with Crippen molar-refractivity contribution < 1.29 is 33.7 Å². The average Bonchev–Trinajstić information content (AvgIpc) is 3.16. The van der Waals surface area contributed by atoms with E-state index >= 15 is 0 Å². The highest BCUT2D eigenvalue weighted by molar-refractivity contribution is 6.62. The standard InChI is InChI=1S/C12H13BFO6/c14-3-4-19-9-2-1-6-7-5-8(7)13(17,18)20-11(6)10(9)12(15)16/h1-2,7-8,17-18H,3-5H2,(H,15,16)/q-1. The molecule has 0 aromatic heterocycles. The molecule has 1 aromatic rings. The first kappa shape index (κ1) is 13.2. The van der Waals surface area contributed by atoms with E-state index in [1.807, 2.05) is 0 Å². The summed E-state index contributed by atoms with van der Waals surface area (Å²) in [5, 5.41) is 28.9. The van der Waals surface area contributed by atoms with Crippen LogP contribution in [0.15, 0.2) is 12.1 Å². The van der Waals surface area contributed by atoms with Crippen molar-refractivity contribution in [3.05, 3.63) is 23.3 Å². The van der Waals surface area contributed by atoms with E-state index in [0.717, 1.165) is 0 Å². The van der Waals surface area contributed by atoms with E-state index in [1.54, 1.807) is 6.07 Å². The smallest absolute Gasteiger partial charge is 0.434 e. The van der Waals surface area contributed by atoms with Gasteiger partial charge < -0.3 is 24.5 Å². The number of ether oxygens (including phenoxy) is 1. The fraction of sp³-hybridized carbons (Fsp3) is 0.417. The van der Waals surface area contributed by atoms with E-state index < -0.39 is 19.4 Å². The summed E-state index contributed by atoms with van der Waals surface area (Å²) in [5.41, 5.74) is 0.330. The number of benzene rings is 1. The molecule has 1 heterocycles. The summed E-state index contributed by atoms with van der Waals surface area (Å²) in [6.07, 6.45) is 0.545. The number of carboxylic acid groups (broad SMARTS) is 1. The van der Waals surface area contributed by atoms with Crippen molar-refractivity contribution in [2.45, 2.75) is 18.2 Å². The van der Waals surface area contributed by atoms with Gasteiger partial charge in [0.2, 0.25) is 0 Å². The molecule has 20 heavy (non-hydrogen) atoms. The van der Waals surface area contributed by atoms with Crippen LogP contribution in [0.2, 0.25) is 5.82 Å². The summed E-state index contributed by atoms with van der Waals surface area (Å²) < 4.78 is 22.3. The van der Waals surface area contributed by atoms with Gasteiger partial charge in [-0.15, -0.1) is 0 Å². The van der Waals surface area contributed by atoms with Crippen molar-refractivity contribution >= 4 is 12.7 Å². The summed E-state index contributed by atoms with van der Waals surface area (Å²) in [7, 11) is 0. The minimum Gasteiger partial charge on any atom is -0.669 e. The van der Waals surface area contributed by atoms with Crippen LogP contribution in [0.1, 0.15) is 28.3 Å². The Labute approximate surface area is 113 Å². The largest absolute Gasteiger partial charge is 0.669 e. The van der Waals surface area contributed by atoms with E-state index in [0.29, 0.717) is 12.0 Å². The second-order valence-corrected chi connectivity index (χ2v) is 5.08. The maximum absolute atomic E-state index is 12.2. The molecular weight excluding hydrogens is 270 g/mol. The van der Waals surface area contributed by atoms with Crippen LogP contribution in [0.25, 0.3) is 0 Å². The normalized spacial score (nSPS) is 25.1. The van der Waals surface area contributed by atoms with Crippen LogP contribution in [0.5, 0.6) is 11.5 Å². The Hall–Kier alpha value is -1.80. The third-order valence-electron chi connectivity index (χ3n) is 3.79. The number of halogens is 1. The van der Waals surface area contributed by atoms with Gasteiger partial charge in [0.15, 0.2) is 0 Å². The monoisotopic (exact) mass is 283 g/mol. The van der Waals surface area contributed by atoms with Crippen LogP contribution in [0.3, 0.4) is 0 Å². The first-order chi connectivity index (χ1) is 9.45. The lowest BCUT2D eigenvalue weighted by molar-refractivity contribution is 0.0688. The molecule has 0 radical (unpaired) electrons. The molecule has 2 aliphatic rings. The summed E-state index contributed by atoms with van der Waals surface area (Å²) in [5.74, 6) is -1.94. The molecule has 1 aliphatic heterocycles. The van der Waals surface area contributed by atoms with Gasteiger partial charge in [-0.25, -0.2) is 9.18 Å². The topological polar surface area (TPSA) is 96.2 Å². The number of aromatic carboxylic acids is 1. The van der Waals surface area contributed by atoms with Gasteiger partial charge in [-0.1, -0.05) is 18.3 Å². The van der Waals surface area contributed by atoms with E-state index in [4.69, 9.17) is 9.39 Å². The lowest BCUT2D eigenvalue weighted by Crippen LogP contribution is -2.45. The second-order valence-electron chi connectivity index (χ2n) is 5.08. The zero-order chi connectivity index (χ0) is 14.5. The van der Waals surface area contributed by atoms with Gasteiger partial charge in [-0.05, 0) is 17.5 Å². The molecule has 1 saturated carbocycles. The fourth-order valence-corrected chi connectivity index (χ4v) is 2.78. The summed E-state index contributed by atoms with van der Waals surface area (Å²) in [6.45, 7) is -4.09. The van der Waals surface area contributed by atoms with Crippen molar-refractivity contribution in [1.29, 1.82) is 0 Å². The minimum absolute atomic E-state index is 0.0420. The molecule has 1 fully saturated rings. The third kappa shape index (κ3) is 1.92. The number of hydrogen-bond acceptors (Lipinski definition) is 5. The zero-order valence-electron chi connectivity index (χ0n) is 10.5. The van der Waals surface area contributed by atoms with Crippen molar-refractivity contribution in [1.82, 2.24) is 0 Å². The Morgan fingerprint density at radius 1 is 1.50 bits per heavy atom. The SMILES string of the molecule is O=C(O)c1c(OCCF)ccc2c1O[B-](O)(O)C1CC21. The number of carboxylic acids is 1. The maximum atomic E-state index is 12.2. The lowest BCUT2D eigenvalue weighted by Gasteiger charge is -2.37. The molecule has 2 atom stereocenters. The Bertz CT molecular complexity index is 575. The summed E-state index contributed by atoms with van der Waals surface area (Å²) >= 11 is 0. The van der Waals surface area contributed by atoms with Crippen molar-refractivity contribution in [2.75, 3.05) is 13.3 Å². The molecule has 2 unspecified atom stereocenters. The first-order valence-electron chi connectivity index (χ1n) is 6.33. The van der Waals surface area contributed by atoms with Crippen LogP contribution in [0, 0.1) is 0 Å². The van der Waals surface area contributed by atoms with Gasteiger partial charge in [-0.3, -0.25) is 0 Å². The van der Waals surface area contributed by atoms with Crippen LogP contribution < -0.4 is 9.39 Å². The zero-order valence-corrected chi connectivity index (χ0v) is 10.5. The number of rotatable bonds is 4. The van der Waals surface area contributed by atoms with Crippen LogP contribution in [-0.4, -0.2) is 41.2 Å². The second kappa shape index (κ2) is 4.36. The predicted molar refractivity (Wildman–Crippen MR) is 66.8 cm³/mol. The van der Waals surface area contributed by atoms with Crippen LogP contribution in [0.4, 0.5) is 4.39 Å². The maximum Gasteiger partial charge on any atom is 0.434 e. The van der Waals surface area contributed by atoms with Gasteiger partial charge in [-0.2, -0.15) is 0 Å². The lowest BCUT2D eigenvalue weighted by atomic mass is 9.68. The average molecular weight is 283 g/mol. The number of fused-ring (bicyclic) bond motifs is 3. The first-order valence-corrected chi connectivity index (χ1v) is 6.33. The van der Waals surface area contributed by atoms with Gasteiger partial charge in [0.25, 0.3) is 0 Å². The number of carbonyl (C=O) groups is 1. The van der Waals surface area contributed by atoms with E-state index in [-0.39, 0.29) is 35.4 Å². The van der Waals surface area contributed by atoms with Crippen LogP contribution >= 0.6 is 0 Å².